The summed E-state index contributed by atoms with van der Waals surface area (Å²) in [6.45, 7) is 6.38. The predicted molar refractivity (Wildman–Crippen MR) is 124 cm³/mol. The van der Waals surface area contributed by atoms with Gasteiger partial charge in [-0.2, -0.15) is 4.98 Å². The number of amides is 2. The molecule has 0 aliphatic rings. The van der Waals surface area contributed by atoms with Gasteiger partial charge in [0.1, 0.15) is 10.3 Å². The Balaban J connectivity index is 1.36. The lowest BCUT2D eigenvalue weighted by atomic mass is 9.97. The largest absolute Gasteiger partial charge is 0.387 e. The van der Waals surface area contributed by atoms with Crippen LogP contribution >= 0.6 is 11.3 Å². The van der Waals surface area contributed by atoms with E-state index in [2.05, 4.69) is 41.0 Å². The van der Waals surface area contributed by atoms with Crippen molar-refractivity contribution in [2.45, 2.75) is 32.6 Å². The smallest absolute Gasteiger partial charge is 0.321 e. The van der Waals surface area contributed by atoms with Gasteiger partial charge in [0.05, 0.1) is 11.4 Å². The second-order valence-electron chi connectivity index (χ2n) is 8.15. The number of hydrogen-bond donors (Lipinski definition) is 3. The van der Waals surface area contributed by atoms with Gasteiger partial charge in [0.25, 0.3) is 0 Å². The fourth-order valence-electron chi connectivity index (χ4n) is 2.84. The third kappa shape index (κ3) is 4.99. The third-order valence-electron chi connectivity index (χ3n) is 4.54. The molecule has 0 aliphatic heterocycles. The van der Waals surface area contributed by atoms with Gasteiger partial charge in [-0.05, 0) is 18.2 Å². The van der Waals surface area contributed by atoms with Crippen molar-refractivity contribution >= 4 is 38.5 Å². The zero-order chi connectivity index (χ0) is 22.7. The molecule has 166 valence electrons. The first-order chi connectivity index (χ1) is 15.3. The van der Waals surface area contributed by atoms with Crippen LogP contribution in [0.3, 0.4) is 0 Å². The molecule has 3 N–H and O–H groups in total. The van der Waals surface area contributed by atoms with E-state index in [1.165, 1.54) is 11.3 Å². The number of nitrogens with zero attached hydrogens (tertiary/aromatic N) is 5. The second-order valence-corrected chi connectivity index (χ2v) is 9.13. The van der Waals surface area contributed by atoms with Crippen molar-refractivity contribution in [3.05, 3.63) is 42.3 Å². The molecule has 0 aromatic carbocycles. The Bertz CT molecular complexity index is 1240. The average molecular weight is 453 g/mol. The van der Waals surface area contributed by atoms with Gasteiger partial charge >= 0.3 is 6.03 Å². The lowest BCUT2D eigenvalue weighted by molar-refractivity contribution is 0.252. The summed E-state index contributed by atoms with van der Waals surface area (Å²) in [6.07, 6.45) is 3.98. The number of carbonyl (C=O) groups is 1. The van der Waals surface area contributed by atoms with E-state index >= 15 is 0 Å². The first-order valence-electron chi connectivity index (χ1n) is 10.1. The van der Waals surface area contributed by atoms with Gasteiger partial charge in [-0.1, -0.05) is 37.3 Å². The summed E-state index contributed by atoms with van der Waals surface area (Å²) < 4.78 is 5.26. The molecule has 0 saturated carbocycles. The summed E-state index contributed by atoms with van der Waals surface area (Å²) in [5.41, 5.74) is 3.10. The fourth-order valence-corrected chi connectivity index (χ4v) is 3.67. The Hall–Kier alpha value is -3.60. The van der Waals surface area contributed by atoms with Crippen LogP contribution in [0.15, 0.2) is 35.1 Å². The molecule has 0 saturated heterocycles. The van der Waals surface area contributed by atoms with Crippen molar-refractivity contribution in [1.82, 2.24) is 30.4 Å². The molecule has 0 spiro atoms. The average Bonchev–Trinajstić information content (AvgIpc) is 3.39. The van der Waals surface area contributed by atoms with E-state index in [-0.39, 0.29) is 11.4 Å². The number of carbonyl (C=O) groups excluding carboxylic acids is 1. The van der Waals surface area contributed by atoms with Crippen molar-refractivity contribution in [2.24, 2.45) is 0 Å². The summed E-state index contributed by atoms with van der Waals surface area (Å²) >= 11 is 1.31. The number of hydrogen-bond acceptors (Lipinski definition) is 9. The molecule has 0 atom stereocenters. The van der Waals surface area contributed by atoms with Crippen LogP contribution in [0, 0.1) is 0 Å². The summed E-state index contributed by atoms with van der Waals surface area (Å²) in [5.74, 6) is 1.13. The Morgan fingerprint density at radius 1 is 1.16 bits per heavy atom. The Morgan fingerprint density at radius 3 is 2.75 bits per heavy atom. The first kappa shape index (κ1) is 21.6. The van der Waals surface area contributed by atoms with Crippen molar-refractivity contribution < 1.29 is 9.32 Å². The minimum atomic E-state index is -0.352. The maximum Gasteiger partial charge on any atom is 0.321 e. The molecule has 2 amide bonds. The van der Waals surface area contributed by atoms with Crippen LogP contribution in [0.25, 0.3) is 21.6 Å². The van der Waals surface area contributed by atoms with Gasteiger partial charge in [-0.15, -0.1) is 0 Å². The number of urea groups is 1. The van der Waals surface area contributed by atoms with Crippen molar-refractivity contribution in [3.8, 4) is 11.3 Å². The molecule has 4 heterocycles. The number of anilines is 2. The van der Waals surface area contributed by atoms with Gasteiger partial charge in [-0.25, -0.2) is 14.8 Å². The third-order valence-corrected chi connectivity index (χ3v) is 5.42. The molecule has 0 radical (unpaired) electrons. The van der Waals surface area contributed by atoms with Crippen LogP contribution < -0.4 is 16.0 Å². The monoisotopic (exact) mass is 452 g/mol. The van der Waals surface area contributed by atoms with Gasteiger partial charge in [-0.3, -0.25) is 10.3 Å². The van der Waals surface area contributed by atoms with Crippen LogP contribution in [-0.2, 0) is 11.8 Å². The van der Waals surface area contributed by atoms with Gasteiger partial charge in [0.2, 0.25) is 5.89 Å². The molecule has 0 fully saturated rings. The molecule has 10 nitrogen and oxygen atoms in total. The van der Waals surface area contributed by atoms with E-state index in [1.54, 1.807) is 12.4 Å². The Kier molecular flexibility index (Phi) is 5.99. The Morgan fingerprint density at radius 2 is 2.00 bits per heavy atom. The zero-order valence-electron chi connectivity index (χ0n) is 18.3. The van der Waals surface area contributed by atoms with Crippen LogP contribution in [-0.4, -0.2) is 44.7 Å². The molecule has 32 heavy (non-hydrogen) atoms. The number of aromatic nitrogens is 5. The van der Waals surface area contributed by atoms with Crippen LogP contribution in [0.1, 0.15) is 32.5 Å². The second kappa shape index (κ2) is 8.87. The highest BCUT2D eigenvalue weighted by molar-refractivity contribution is 7.21. The summed E-state index contributed by atoms with van der Waals surface area (Å²) in [6, 6.07) is 5.39. The molecular formula is C21H24N8O2S. The quantitative estimate of drug-likeness (QED) is 0.402. The summed E-state index contributed by atoms with van der Waals surface area (Å²) in [5, 5.41) is 13.0. The maximum absolute atomic E-state index is 12.2. The van der Waals surface area contributed by atoms with Crippen LogP contribution in [0.4, 0.5) is 15.6 Å². The maximum atomic E-state index is 12.2. The van der Waals surface area contributed by atoms with Gasteiger partial charge in [0, 0.05) is 43.4 Å². The predicted octanol–water partition coefficient (Wildman–Crippen LogP) is 3.84. The molecule has 4 aromatic heterocycles. The van der Waals surface area contributed by atoms with E-state index in [9.17, 15) is 4.79 Å². The molecule has 0 unspecified atom stereocenters. The number of pyridine rings is 2. The Labute approximate surface area is 188 Å². The van der Waals surface area contributed by atoms with E-state index in [4.69, 9.17) is 4.52 Å². The fraction of sp³-hybridized carbons (Fsp3) is 0.333. The lowest BCUT2D eigenvalue weighted by Gasteiger charge is -2.10. The van der Waals surface area contributed by atoms with E-state index in [1.807, 2.05) is 46.0 Å². The topological polar surface area (TPSA) is 131 Å². The van der Waals surface area contributed by atoms with Crippen LogP contribution in [0.2, 0.25) is 0 Å². The van der Waals surface area contributed by atoms with Crippen molar-refractivity contribution in [3.63, 3.8) is 0 Å². The van der Waals surface area contributed by atoms with Gasteiger partial charge < -0.3 is 15.2 Å². The highest BCUT2D eigenvalue weighted by Crippen LogP contribution is 2.28. The minimum Gasteiger partial charge on any atom is -0.387 e. The SMILES string of the molecule is CNc1cncc(-c2ccc3nc(NC(=O)NCCc4noc(C(C)(C)C)n4)sc3n2)c1. The molecule has 0 bridgehead atoms. The zero-order valence-corrected chi connectivity index (χ0v) is 19.1. The highest BCUT2D eigenvalue weighted by Gasteiger charge is 2.21. The molecule has 4 rings (SSSR count). The number of fused-ring (bicyclic) bond motifs is 1. The van der Waals surface area contributed by atoms with Crippen molar-refractivity contribution in [2.75, 3.05) is 24.2 Å². The molecular weight excluding hydrogens is 428 g/mol. The summed E-state index contributed by atoms with van der Waals surface area (Å²) in [4.78, 5) is 30.7. The highest BCUT2D eigenvalue weighted by atomic mass is 32.1. The molecule has 11 heteroatoms. The standard InChI is InChI=1S/C21H24N8O2S/c1-21(2,3)18-27-16(29-31-18)7-8-24-19(30)28-20-26-15-6-5-14(25-17(15)32-20)12-9-13(22-4)11-23-10-12/h5-6,9-11,22H,7-8H2,1-4H3,(H2,24,26,28,30). The molecule has 0 aliphatic carbocycles. The van der Waals surface area contributed by atoms with Gasteiger partial charge in [0.15, 0.2) is 11.0 Å². The van der Waals surface area contributed by atoms with E-state index in [0.717, 1.165) is 21.8 Å². The lowest BCUT2D eigenvalue weighted by Crippen LogP contribution is -2.30. The van der Waals surface area contributed by atoms with E-state index < -0.39 is 0 Å². The summed E-state index contributed by atoms with van der Waals surface area (Å²) in [7, 11) is 1.84. The number of rotatable bonds is 6. The van der Waals surface area contributed by atoms with E-state index in [0.29, 0.717) is 35.3 Å². The number of thiazole rings is 1. The molecule has 4 aromatic rings. The number of nitrogens with one attached hydrogen (secondary N) is 3. The minimum absolute atomic E-state index is 0.205. The van der Waals surface area contributed by atoms with Crippen molar-refractivity contribution in [1.29, 1.82) is 0 Å². The normalized spacial score (nSPS) is 11.5. The first-order valence-corrected chi connectivity index (χ1v) is 10.9. The van der Waals surface area contributed by atoms with Crippen LogP contribution in [0.5, 0.6) is 0 Å².